The molecule has 2 atom stereocenters. The van der Waals surface area contributed by atoms with E-state index in [4.69, 9.17) is 28.9 Å². The van der Waals surface area contributed by atoms with Gasteiger partial charge in [-0.1, -0.05) is 42.1 Å². The Kier molecular flexibility index (Phi) is 5.91. The topological polar surface area (TPSA) is 46.3 Å². The number of nitrogens with zero attached hydrogens (tertiary/aromatic N) is 1. The molecular weight excluding hydrogens is 307 g/mol. The molecule has 0 aliphatic heterocycles. The van der Waals surface area contributed by atoms with Crippen molar-refractivity contribution < 1.29 is 4.79 Å². The molecule has 1 amide bonds. The third kappa shape index (κ3) is 4.12. The number of amides is 1. The molecule has 0 heterocycles. The summed E-state index contributed by atoms with van der Waals surface area (Å²) in [6.07, 6.45) is 4.29. The van der Waals surface area contributed by atoms with Gasteiger partial charge in [0.05, 0.1) is 0 Å². The van der Waals surface area contributed by atoms with Gasteiger partial charge in [-0.05, 0) is 43.0 Å². The maximum Gasteiger partial charge on any atom is 0.226 e. The van der Waals surface area contributed by atoms with Crippen LogP contribution in [0.5, 0.6) is 0 Å². The molecule has 2 rings (SSSR count). The smallest absolute Gasteiger partial charge is 0.226 e. The molecule has 21 heavy (non-hydrogen) atoms. The molecule has 0 aromatic heterocycles. The predicted molar refractivity (Wildman–Crippen MR) is 87.4 cm³/mol. The molecule has 1 aliphatic rings. The molecule has 3 nitrogen and oxygen atoms in total. The number of hydrogen-bond acceptors (Lipinski definition) is 2. The van der Waals surface area contributed by atoms with Crippen LogP contribution in [0.3, 0.4) is 0 Å². The largest absolute Gasteiger partial charge is 0.341 e. The Balaban J connectivity index is 2.04. The first-order valence-corrected chi connectivity index (χ1v) is 8.17. The Morgan fingerprint density at radius 1 is 1.33 bits per heavy atom. The van der Waals surface area contributed by atoms with Gasteiger partial charge in [-0.2, -0.15) is 0 Å². The fraction of sp³-hybridized carbons (Fsp3) is 0.562. The standard InChI is InChI=1S/C16H22Cl2N2O/c1-20(10-12-6-7-13(17)8-15(12)18)16(21)14-5-3-2-4-11(14)9-19/h6-8,11,14H,2-5,9-10,19H2,1H3. The number of benzene rings is 1. The zero-order valence-electron chi connectivity index (χ0n) is 12.3. The van der Waals surface area contributed by atoms with Gasteiger partial charge in [0.25, 0.3) is 0 Å². The maximum atomic E-state index is 12.7. The lowest BCUT2D eigenvalue weighted by Gasteiger charge is -2.32. The third-order valence-corrected chi connectivity index (χ3v) is 4.91. The van der Waals surface area contributed by atoms with Crippen LogP contribution in [-0.2, 0) is 11.3 Å². The molecule has 116 valence electrons. The zero-order valence-corrected chi connectivity index (χ0v) is 13.8. The van der Waals surface area contributed by atoms with E-state index >= 15 is 0 Å². The van der Waals surface area contributed by atoms with Crippen molar-refractivity contribution in [3.63, 3.8) is 0 Å². The highest BCUT2D eigenvalue weighted by molar-refractivity contribution is 6.35. The summed E-state index contributed by atoms with van der Waals surface area (Å²) >= 11 is 12.1. The van der Waals surface area contributed by atoms with Gasteiger partial charge < -0.3 is 10.6 Å². The molecule has 0 radical (unpaired) electrons. The molecule has 0 saturated heterocycles. The van der Waals surface area contributed by atoms with Crippen LogP contribution in [0.4, 0.5) is 0 Å². The Bertz CT molecular complexity index is 507. The molecule has 1 aliphatic carbocycles. The molecule has 1 fully saturated rings. The van der Waals surface area contributed by atoms with Gasteiger partial charge in [-0.15, -0.1) is 0 Å². The van der Waals surface area contributed by atoms with E-state index in [9.17, 15) is 4.79 Å². The number of halogens is 2. The normalized spacial score (nSPS) is 22.1. The summed E-state index contributed by atoms with van der Waals surface area (Å²) in [5, 5.41) is 1.20. The van der Waals surface area contributed by atoms with Crippen molar-refractivity contribution in [2.24, 2.45) is 17.6 Å². The van der Waals surface area contributed by atoms with Crippen molar-refractivity contribution in [3.05, 3.63) is 33.8 Å². The quantitative estimate of drug-likeness (QED) is 0.915. The van der Waals surface area contributed by atoms with Gasteiger partial charge in [0.1, 0.15) is 0 Å². The number of carbonyl (C=O) groups excluding carboxylic acids is 1. The first kappa shape index (κ1) is 16.6. The van der Waals surface area contributed by atoms with Gasteiger partial charge in [-0.3, -0.25) is 4.79 Å². The lowest BCUT2D eigenvalue weighted by atomic mass is 9.78. The minimum atomic E-state index is 0.0554. The highest BCUT2D eigenvalue weighted by Gasteiger charge is 2.31. The molecular formula is C16H22Cl2N2O. The van der Waals surface area contributed by atoms with E-state index in [1.165, 1.54) is 6.42 Å². The predicted octanol–water partition coefficient (Wildman–Crippen LogP) is 3.72. The summed E-state index contributed by atoms with van der Waals surface area (Å²) in [7, 11) is 1.83. The van der Waals surface area contributed by atoms with Crippen LogP contribution < -0.4 is 5.73 Å². The average Bonchev–Trinajstić information content (AvgIpc) is 2.49. The second-order valence-electron chi connectivity index (χ2n) is 5.82. The average molecular weight is 329 g/mol. The molecule has 2 N–H and O–H groups in total. The van der Waals surface area contributed by atoms with Crippen LogP contribution in [0.1, 0.15) is 31.2 Å². The number of rotatable bonds is 4. The zero-order chi connectivity index (χ0) is 15.4. The maximum absolute atomic E-state index is 12.7. The van der Waals surface area contributed by atoms with Gasteiger partial charge in [0.2, 0.25) is 5.91 Å². The highest BCUT2D eigenvalue weighted by atomic mass is 35.5. The van der Waals surface area contributed by atoms with Gasteiger partial charge in [0.15, 0.2) is 0 Å². The van der Waals surface area contributed by atoms with Crippen molar-refractivity contribution in [2.75, 3.05) is 13.6 Å². The Labute approximate surface area is 136 Å². The van der Waals surface area contributed by atoms with Crippen molar-refractivity contribution in [1.29, 1.82) is 0 Å². The lowest BCUT2D eigenvalue weighted by Crippen LogP contribution is -2.40. The lowest BCUT2D eigenvalue weighted by molar-refractivity contribution is -0.137. The number of carbonyl (C=O) groups is 1. The van der Waals surface area contributed by atoms with Gasteiger partial charge >= 0.3 is 0 Å². The summed E-state index contributed by atoms with van der Waals surface area (Å²) in [4.78, 5) is 14.4. The van der Waals surface area contributed by atoms with Gasteiger partial charge in [-0.25, -0.2) is 0 Å². The van der Waals surface area contributed by atoms with Crippen LogP contribution in [0.2, 0.25) is 10.0 Å². The van der Waals surface area contributed by atoms with Crippen molar-refractivity contribution in [2.45, 2.75) is 32.2 Å². The molecule has 1 saturated carbocycles. The van der Waals surface area contributed by atoms with Crippen LogP contribution >= 0.6 is 23.2 Å². The SMILES string of the molecule is CN(Cc1ccc(Cl)cc1Cl)C(=O)C1CCCCC1CN. The Morgan fingerprint density at radius 2 is 2.05 bits per heavy atom. The summed E-state index contributed by atoms with van der Waals surface area (Å²) in [5.41, 5.74) is 6.73. The van der Waals surface area contributed by atoms with E-state index in [2.05, 4.69) is 0 Å². The Morgan fingerprint density at radius 3 is 2.71 bits per heavy atom. The van der Waals surface area contributed by atoms with E-state index < -0.39 is 0 Å². The summed E-state index contributed by atoms with van der Waals surface area (Å²) in [6, 6.07) is 5.38. The minimum Gasteiger partial charge on any atom is -0.341 e. The first-order valence-electron chi connectivity index (χ1n) is 7.42. The fourth-order valence-corrected chi connectivity index (χ4v) is 3.55. The van der Waals surface area contributed by atoms with E-state index in [-0.39, 0.29) is 11.8 Å². The van der Waals surface area contributed by atoms with E-state index in [1.54, 1.807) is 17.0 Å². The molecule has 2 unspecified atom stereocenters. The van der Waals surface area contributed by atoms with Crippen molar-refractivity contribution in [3.8, 4) is 0 Å². The molecule has 0 bridgehead atoms. The number of hydrogen-bond donors (Lipinski definition) is 1. The van der Waals surface area contributed by atoms with Crippen molar-refractivity contribution in [1.82, 2.24) is 4.90 Å². The van der Waals surface area contributed by atoms with Crippen LogP contribution in [0.15, 0.2) is 18.2 Å². The van der Waals surface area contributed by atoms with E-state index in [0.29, 0.717) is 29.1 Å². The van der Waals surface area contributed by atoms with Crippen LogP contribution in [0, 0.1) is 11.8 Å². The molecule has 1 aromatic rings. The summed E-state index contributed by atoms with van der Waals surface area (Å²) in [5.74, 6) is 0.547. The van der Waals surface area contributed by atoms with Crippen LogP contribution in [0.25, 0.3) is 0 Å². The summed E-state index contributed by atoms with van der Waals surface area (Å²) < 4.78 is 0. The molecule has 0 spiro atoms. The third-order valence-electron chi connectivity index (χ3n) is 4.33. The second kappa shape index (κ2) is 7.48. The number of nitrogens with two attached hydrogens (primary N) is 1. The monoisotopic (exact) mass is 328 g/mol. The first-order chi connectivity index (χ1) is 10.0. The second-order valence-corrected chi connectivity index (χ2v) is 6.66. The molecule has 5 heteroatoms. The minimum absolute atomic E-state index is 0.0554. The van der Waals surface area contributed by atoms with Gasteiger partial charge in [0, 0.05) is 29.6 Å². The fourth-order valence-electron chi connectivity index (χ4n) is 3.08. The Hall–Kier alpha value is -0.770. The van der Waals surface area contributed by atoms with E-state index in [0.717, 1.165) is 24.8 Å². The van der Waals surface area contributed by atoms with E-state index in [1.807, 2.05) is 13.1 Å². The molecule has 1 aromatic carbocycles. The summed E-state index contributed by atoms with van der Waals surface area (Å²) in [6.45, 7) is 1.09. The van der Waals surface area contributed by atoms with Crippen LogP contribution in [-0.4, -0.2) is 24.4 Å². The van der Waals surface area contributed by atoms with Crippen molar-refractivity contribution >= 4 is 29.1 Å². The highest BCUT2D eigenvalue weighted by Crippen LogP contribution is 2.31.